The molecule has 102 valence electrons. The largest absolute Gasteiger partial charge is 0.353 e. The summed E-state index contributed by atoms with van der Waals surface area (Å²) in [5.74, 6) is 0.599. The van der Waals surface area contributed by atoms with Crippen molar-refractivity contribution in [3.05, 3.63) is 0 Å². The van der Waals surface area contributed by atoms with E-state index in [4.69, 9.17) is 0 Å². The average molecular weight is 252 g/mol. The first-order chi connectivity index (χ1) is 8.51. The topological polar surface area (TPSA) is 49.4 Å². The highest BCUT2D eigenvalue weighted by atomic mass is 16.2. The van der Waals surface area contributed by atoms with Crippen molar-refractivity contribution in [2.45, 2.75) is 51.5 Å². The fourth-order valence-electron chi connectivity index (χ4n) is 2.96. The third-order valence-electron chi connectivity index (χ3n) is 4.42. The SMILES string of the molecule is CC1(C)C(=O)NCCN1CC(=O)C1CCCCC1. The van der Waals surface area contributed by atoms with Crippen molar-refractivity contribution in [3.63, 3.8) is 0 Å². The van der Waals surface area contributed by atoms with Crippen LogP contribution < -0.4 is 5.32 Å². The van der Waals surface area contributed by atoms with E-state index in [1.165, 1.54) is 19.3 Å². The van der Waals surface area contributed by atoms with Crippen LogP contribution in [-0.2, 0) is 9.59 Å². The van der Waals surface area contributed by atoms with E-state index in [-0.39, 0.29) is 11.8 Å². The van der Waals surface area contributed by atoms with Crippen LogP contribution in [0.1, 0.15) is 46.0 Å². The van der Waals surface area contributed by atoms with Gasteiger partial charge in [-0.05, 0) is 26.7 Å². The minimum absolute atomic E-state index is 0.0326. The fourth-order valence-corrected chi connectivity index (χ4v) is 2.96. The maximum atomic E-state index is 12.3. The van der Waals surface area contributed by atoms with E-state index in [9.17, 15) is 9.59 Å². The maximum absolute atomic E-state index is 12.3. The molecule has 2 rings (SSSR count). The molecular formula is C14H24N2O2. The van der Waals surface area contributed by atoms with Crippen molar-refractivity contribution in [3.8, 4) is 0 Å². The van der Waals surface area contributed by atoms with Crippen LogP contribution in [0, 0.1) is 5.92 Å². The van der Waals surface area contributed by atoms with Gasteiger partial charge in [0.1, 0.15) is 5.78 Å². The van der Waals surface area contributed by atoms with Crippen LogP contribution in [0.25, 0.3) is 0 Å². The van der Waals surface area contributed by atoms with Gasteiger partial charge in [0.05, 0.1) is 12.1 Å². The molecule has 1 saturated heterocycles. The molecule has 0 bridgehead atoms. The van der Waals surface area contributed by atoms with Gasteiger partial charge in [0.15, 0.2) is 0 Å². The molecule has 2 aliphatic rings. The van der Waals surface area contributed by atoms with Crippen LogP contribution in [0.15, 0.2) is 0 Å². The van der Waals surface area contributed by atoms with Crippen molar-refractivity contribution in [2.24, 2.45) is 5.92 Å². The molecule has 0 aromatic carbocycles. The lowest BCUT2D eigenvalue weighted by molar-refractivity contribution is -0.138. The molecular weight excluding hydrogens is 228 g/mol. The van der Waals surface area contributed by atoms with Gasteiger partial charge in [-0.25, -0.2) is 0 Å². The minimum Gasteiger partial charge on any atom is -0.353 e. The number of amides is 1. The van der Waals surface area contributed by atoms with Crippen molar-refractivity contribution >= 4 is 11.7 Å². The predicted molar refractivity (Wildman–Crippen MR) is 70.2 cm³/mol. The highest BCUT2D eigenvalue weighted by Crippen LogP contribution is 2.26. The first-order valence-electron chi connectivity index (χ1n) is 7.08. The summed E-state index contributed by atoms with van der Waals surface area (Å²) in [6.45, 7) is 5.66. The number of hydrogen-bond acceptors (Lipinski definition) is 3. The molecule has 4 nitrogen and oxygen atoms in total. The van der Waals surface area contributed by atoms with E-state index in [0.717, 1.165) is 19.4 Å². The number of piperazine rings is 1. The Morgan fingerprint density at radius 2 is 2.00 bits per heavy atom. The number of carbonyl (C=O) groups is 2. The van der Waals surface area contributed by atoms with Gasteiger partial charge in [-0.2, -0.15) is 0 Å². The Morgan fingerprint density at radius 3 is 2.67 bits per heavy atom. The monoisotopic (exact) mass is 252 g/mol. The molecule has 2 fully saturated rings. The highest BCUT2D eigenvalue weighted by Gasteiger charge is 2.39. The summed E-state index contributed by atoms with van der Waals surface area (Å²) in [4.78, 5) is 26.1. The molecule has 1 aliphatic heterocycles. The Hall–Kier alpha value is -0.900. The Morgan fingerprint density at radius 1 is 1.33 bits per heavy atom. The Bertz CT molecular complexity index is 333. The standard InChI is InChI=1S/C14H24N2O2/c1-14(2)13(18)15-8-9-16(14)10-12(17)11-6-4-3-5-7-11/h11H,3-10H2,1-2H3,(H,15,18). The summed E-state index contributed by atoms with van der Waals surface area (Å²) in [6.07, 6.45) is 5.71. The van der Waals surface area contributed by atoms with E-state index in [1.54, 1.807) is 0 Å². The van der Waals surface area contributed by atoms with Crippen molar-refractivity contribution < 1.29 is 9.59 Å². The molecule has 0 unspecified atom stereocenters. The van der Waals surface area contributed by atoms with E-state index in [1.807, 2.05) is 18.7 Å². The van der Waals surface area contributed by atoms with Crippen LogP contribution >= 0.6 is 0 Å². The molecule has 1 N–H and O–H groups in total. The lowest BCUT2D eigenvalue weighted by Gasteiger charge is -2.41. The van der Waals surface area contributed by atoms with E-state index >= 15 is 0 Å². The first-order valence-corrected chi connectivity index (χ1v) is 7.08. The summed E-state index contributed by atoms with van der Waals surface area (Å²) in [6, 6.07) is 0. The molecule has 0 radical (unpaired) electrons. The second-order valence-corrected chi connectivity index (χ2v) is 6.04. The molecule has 18 heavy (non-hydrogen) atoms. The molecule has 0 aromatic rings. The summed E-state index contributed by atoms with van der Waals surface area (Å²) in [7, 11) is 0. The van der Waals surface area contributed by atoms with Gasteiger partial charge >= 0.3 is 0 Å². The first kappa shape index (κ1) is 13.5. The normalized spacial score (nSPS) is 25.8. The zero-order chi connectivity index (χ0) is 13.2. The smallest absolute Gasteiger partial charge is 0.240 e. The highest BCUT2D eigenvalue weighted by molar-refractivity contribution is 5.88. The van der Waals surface area contributed by atoms with Crippen molar-refractivity contribution in [1.82, 2.24) is 10.2 Å². The van der Waals surface area contributed by atoms with Gasteiger partial charge in [-0.1, -0.05) is 19.3 Å². The van der Waals surface area contributed by atoms with Crippen LogP contribution in [0.5, 0.6) is 0 Å². The number of ketones is 1. The van der Waals surface area contributed by atoms with Crippen molar-refractivity contribution in [1.29, 1.82) is 0 Å². The van der Waals surface area contributed by atoms with Crippen molar-refractivity contribution in [2.75, 3.05) is 19.6 Å². The molecule has 4 heteroatoms. The fraction of sp³-hybridized carbons (Fsp3) is 0.857. The molecule has 1 heterocycles. The summed E-state index contributed by atoms with van der Waals surface area (Å²) < 4.78 is 0. The number of nitrogens with zero attached hydrogens (tertiary/aromatic N) is 1. The van der Waals surface area contributed by atoms with Crippen LogP contribution in [-0.4, -0.2) is 41.8 Å². The maximum Gasteiger partial charge on any atom is 0.240 e. The van der Waals surface area contributed by atoms with E-state index in [0.29, 0.717) is 18.9 Å². The predicted octanol–water partition coefficient (Wildman–Crippen LogP) is 1.35. The summed E-state index contributed by atoms with van der Waals surface area (Å²) in [5.41, 5.74) is -0.553. The number of carbonyl (C=O) groups excluding carboxylic acids is 2. The number of Topliss-reactive ketones (excluding diaryl/α,β-unsaturated/α-hetero) is 1. The minimum atomic E-state index is -0.553. The molecule has 1 amide bonds. The summed E-state index contributed by atoms with van der Waals surface area (Å²) >= 11 is 0. The molecule has 0 spiro atoms. The Balaban J connectivity index is 1.95. The molecule has 1 saturated carbocycles. The lowest BCUT2D eigenvalue weighted by atomic mass is 9.85. The van der Waals surface area contributed by atoms with Gasteiger partial charge in [0.25, 0.3) is 0 Å². The van der Waals surface area contributed by atoms with Gasteiger partial charge < -0.3 is 5.32 Å². The molecule has 0 aromatic heterocycles. The average Bonchev–Trinajstić information content (AvgIpc) is 2.36. The zero-order valence-electron chi connectivity index (χ0n) is 11.5. The van der Waals surface area contributed by atoms with Gasteiger partial charge in [0, 0.05) is 19.0 Å². The quantitative estimate of drug-likeness (QED) is 0.825. The number of nitrogens with one attached hydrogen (secondary N) is 1. The van der Waals surface area contributed by atoms with Crippen LogP contribution in [0.4, 0.5) is 0 Å². The number of rotatable bonds is 3. The lowest BCUT2D eigenvalue weighted by Crippen LogP contribution is -2.62. The second-order valence-electron chi connectivity index (χ2n) is 6.04. The van der Waals surface area contributed by atoms with E-state index < -0.39 is 5.54 Å². The third kappa shape index (κ3) is 2.74. The van der Waals surface area contributed by atoms with Gasteiger partial charge in [-0.15, -0.1) is 0 Å². The Kier molecular flexibility index (Phi) is 4.05. The Labute approximate surface area is 109 Å². The summed E-state index contributed by atoms with van der Waals surface area (Å²) in [5, 5.41) is 2.86. The van der Waals surface area contributed by atoms with Gasteiger partial charge in [-0.3, -0.25) is 14.5 Å². The van der Waals surface area contributed by atoms with Gasteiger partial charge in [0.2, 0.25) is 5.91 Å². The second kappa shape index (κ2) is 5.39. The number of hydrogen-bond donors (Lipinski definition) is 1. The zero-order valence-corrected chi connectivity index (χ0v) is 11.5. The third-order valence-corrected chi connectivity index (χ3v) is 4.42. The molecule has 0 atom stereocenters. The molecule has 1 aliphatic carbocycles. The van der Waals surface area contributed by atoms with E-state index in [2.05, 4.69) is 5.32 Å². The van der Waals surface area contributed by atoms with Crippen LogP contribution in [0.3, 0.4) is 0 Å². The van der Waals surface area contributed by atoms with Crippen LogP contribution in [0.2, 0.25) is 0 Å².